The van der Waals surface area contributed by atoms with Crippen molar-refractivity contribution in [1.82, 2.24) is 0 Å². The highest BCUT2D eigenvalue weighted by atomic mass is 35.5. The number of halogens is 2. The Morgan fingerprint density at radius 3 is 2.33 bits per heavy atom. The molecule has 0 aromatic heterocycles. The molecular formula is C11H13Cl2NO. The lowest BCUT2D eigenvalue weighted by Crippen LogP contribution is -2.10. The second kappa shape index (κ2) is 4.20. The Morgan fingerprint density at radius 2 is 1.87 bits per heavy atom. The van der Waals surface area contributed by atoms with Crippen LogP contribution in [-0.4, -0.2) is 5.11 Å². The van der Waals surface area contributed by atoms with E-state index in [1.165, 1.54) is 12.8 Å². The van der Waals surface area contributed by atoms with Crippen molar-refractivity contribution in [3.05, 3.63) is 27.7 Å². The van der Waals surface area contributed by atoms with E-state index in [0.29, 0.717) is 0 Å². The zero-order valence-electron chi connectivity index (χ0n) is 8.21. The number of hydrogen-bond donors (Lipinski definition) is 2. The summed E-state index contributed by atoms with van der Waals surface area (Å²) in [6.07, 6.45) is 3.51. The van der Waals surface area contributed by atoms with Crippen molar-refractivity contribution in [2.45, 2.75) is 25.3 Å². The van der Waals surface area contributed by atoms with Gasteiger partial charge in [-0.15, -0.1) is 0 Å². The minimum absolute atomic E-state index is 0.0342. The van der Waals surface area contributed by atoms with Crippen LogP contribution in [0.5, 0.6) is 5.75 Å². The second-order valence-electron chi connectivity index (χ2n) is 4.12. The third-order valence-corrected chi connectivity index (χ3v) is 3.33. The first-order valence-electron chi connectivity index (χ1n) is 5.01. The summed E-state index contributed by atoms with van der Waals surface area (Å²) >= 11 is 11.7. The average Bonchev–Trinajstić information content (AvgIpc) is 2.97. The summed E-state index contributed by atoms with van der Waals surface area (Å²) in [5.74, 6) is 0.687. The van der Waals surface area contributed by atoms with Crippen LogP contribution in [0.25, 0.3) is 0 Å². The van der Waals surface area contributed by atoms with Gasteiger partial charge in [0.05, 0.1) is 10.0 Å². The van der Waals surface area contributed by atoms with Gasteiger partial charge >= 0.3 is 0 Å². The highest BCUT2D eigenvalue weighted by Gasteiger charge is 2.25. The molecule has 1 aromatic rings. The molecular weight excluding hydrogens is 233 g/mol. The first kappa shape index (κ1) is 11.1. The van der Waals surface area contributed by atoms with Gasteiger partial charge in [0.2, 0.25) is 0 Å². The van der Waals surface area contributed by atoms with Gasteiger partial charge in [0.15, 0.2) is 5.75 Å². The fourth-order valence-electron chi connectivity index (χ4n) is 1.65. The topological polar surface area (TPSA) is 46.2 Å². The predicted molar refractivity (Wildman–Crippen MR) is 62.4 cm³/mol. The standard InChI is InChI=1S/C11H13Cl2NO/c12-8-4-7(5-9(13)11(8)15)10(14)3-6-1-2-6/h4-6,10,15H,1-3,14H2/t10-/m1/s1. The Balaban J connectivity index is 2.19. The molecule has 82 valence electrons. The van der Waals surface area contributed by atoms with Gasteiger partial charge in [-0.25, -0.2) is 0 Å². The van der Waals surface area contributed by atoms with E-state index in [-0.39, 0.29) is 21.8 Å². The molecule has 1 saturated carbocycles. The van der Waals surface area contributed by atoms with E-state index < -0.39 is 0 Å². The van der Waals surface area contributed by atoms with Gasteiger partial charge in [-0.05, 0) is 30.0 Å². The Hall–Kier alpha value is -0.440. The molecule has 3 N–H and O–H groups in total. The van der Waals surface area contributed by atoms with E-state index in [2.05, 4.69) is 0 Å². The smallest absolute Gasteiger partial charge is 0.152 e. The first-order chi connectivity index (χ1) is 7.08. The lowest BCUT2D eigenvalue weighted by atomic mass is 10.0. The summed E-state index contributed by atoms with van der Waals surface area (Å²) in [6.45, 7) is 0. The van der Waals surface area contributed by atoms with E-state index in [9.17, 15) is 5.11 Å². The SMILES string of the molecule is N[C@H](CC1CC1)c1cc(Cl)c(O)c(Cl)c1. The molecule has 0 bridgehead atoms. The highest BCUT2D eigenvalue weighted by molar-refractivity contribution is 6.37. The number of aromatic hydroxyl groups is 1. The van der Waals surface area contributed by atoms with Crippen LogP contribution in [0.1, 0.15) is 30.9 Å². The minimum Gasteiger partial charge on any atom is -0.505 e. The van der Waals surface area contributed by atoms with Gasteiger partial charge in [-0.2, -0.15) is 0 Å². The maximum absolute atomic E-state index is 9.40. The minimum atomic E-state index is -0.0688. The molecule has 0 aliphatic heterocycles. The van der Waals surface area contributed by atoms with Gasteiger partial charge in [0.25, 0.3) is 0 Å². The van der Waals surface area contributed by atoms with Gasteiger partial charge in [0, 0.05) is 6.04 Å². The van der Waals surface area contributed by atoms with Crippen molar-refractivity contribution in [1.29, 1.82) is 0 Å². The van der Waals surface area contributed by atoms with Crippen molar-refractivity contribution < 1.29 is 5.11 Å². The van der Waals surface area contributed by atoms with Crippen LogP contribution in [0.4, 0.5) is 0 Å². The largest absolute Gasteiger partial charge is 0.505 e. The molecule has 1 aromatic carbocycles. The second-order valence-corrected chi connectivity index (χ2v) is 4.93. The van der Waals surface area contributed by atoms with Crippen molar-refractivity contribution in [2.75, 3.05) is 0 Å². The lowest BCUT2D eigenvalue weighted by molar-refractivity contribution is 0.475. The maximum Gasteiger partial charge on any atom is 0.152 e. The quantitative estimate of drug-likeness (QED) is 0.857. The van der Waals surface area contributed by atoms with Crippen LogP contribution in [0.15, 0.2) is 12.1 Å². The molecule has 1 aliphatic rings. The fraction of sp³-hybridized carbons (Fsp3) is 0.455. The van der Waals surface area contributed by atoms with Crippen molar-refractivity contribution in [3.63, 3.8) is 0 Å². The number of nitrogens with two attached hydrogens (primary N) is 1. The molecule has 2 rings (SSSR count). The van der Waals surface area contributed by atoms with Crippen LogP contribution < -0.4 is 5.73 Å². The Bertz CT molecular complexity index is 354. The molecule has 1 atom stereocenters. The molecule has 0 spiro atoms. The average molecular weight is 246 g/mol. The number of phenolic OH excluding ortho intramolecular Hbond substituents is 1. The fourth-order valence-corrected chi connectivity index (χ4v) is 2.15. The summed E-state index contributed by atoms with van der Waals surface area (Å²) in [5.41, 5.74) is 6.92. The third kappa shape index (κ3) is 2.57. The molecule has 4 heteroatoms. The molecule has 0 unspecified atom stereocenters. The van der Waals surface area contributed by atoms with Crippen molar-refractivity contribution in [2.24, 2.45) is 11.7 Å². The van der Waals surface area contributed by atoms with E-state index in [0.717, 1.165) is 17.9 Å². The van der Waals surface area contributed by atoms with Crippen molar-refractivity contribution >= 4 is 23.2 Å². The van der Waals surface area contributed by atoms with Gasteiger partial charge in [-0.1, -0.05) is 36.0 Å². The molecule has 2 nitrogen and oxygen atoms in total. The molecule has 1 aliphatic carbocycles. The van der Waals surface area contributed by atoms with Gasteiger partial charge in [0.1, 0.15) is 0 Å². The summed E-state index contributed by atoms with van der Waals surface area (Å²) in [6, 6.07) is 3.35. The third-order valence-electron chi connectivity index (χ3n) is 2.75. The van der Waals surface area contributed by atoms with Gasteiger partial charge < -0.3 is 10.8 Å². The highest BCUT2D eigenvalue weighted by Crippen LogP contribution is 2.39. The molecule has 15 heavy (non-hydrogen) atoms. The van der Waals surface area contributed by atoms with Crippen molar-refractivity contribution in [3.8, 4) is 5.75 Å². The zero-order valence-corrected chi connectivity index (χ0v) is 9.72. The van der Waals surface area contributed by atoms with E-state index >= 15 is 0 Å². The van der Waals surface area contributed by atoms with Crippen LogP contribution in [0.3, 0.4) is 0 Å². The Kier molecular flexibility index (Phi) is 3.10. The number of rotatable bonds is 3. The number of benzene rings is 1. The van der Waals surface area contributed by atoms with E-state index in [4.69, 9.17) is 28.9 Å². The number of hydrogen-bond acceptors (Lipinski definition) is 2. The molecule has 0 heterocycles. The first-order valence-corrected chi connectivity index (χ1v) is 5.77. The van der Waals surface area contributed by atoms with Crippen LogP contribution in [0.2, 0.25) is 10.0 Å². The maximum atomic E-state index is 9.40. The Morgan fingerprint density at radius 1 is 1.33 bits per heavy atom. The summed E-state index contributed by atoms with van der Waals surface area (Å²) < 4.78 is 0. The normalized spacial score (nSPS) is 17.8. The molecule has 0 amide bonds. The van der Waals surface area contributed by atoms with E-state index in [1.807, 2.05) is 0 Å². The summed E-state index contributed by atoms with van der Waals surface area (Å²) in [7, 11) is 0. The zero-order chi connectivity index (χ0) is 11.0. The monoisotopic (exact) mass is 245 g/mol. The molecule has 1 fully saturated rings. The Labute approximate surface area is 99.0 Å². The molecule has 0 radical (unpaired) electrons. The summed E-state index contributed by atoms with van der Waals surface area (Å²) in [5, 5.41) is 9.94. The molecule has 0 saturated heterocycles. The lowest BCUT2D eigenvalue weighted by Gasteiger charge is -2.13. The van der Waals surface area contributed by atoms with Crippen LogP contribution in [0, 0.1) is 5.92 Å². The number of phenols is 1. The summed E-state index contributed by atoms with van der Waals surface area (Å²) in [4.78, 5) is 0. The van der Waals surface area contributed by atoms with Gasteiger partial charge in [-0.3, -0.25) is 0 Å². The van der Waals surface area contributed by atoms with Crippen LogP contribution in [-0.2, 0) is 0 Å². The van der Waals surface area contributed by atoms with Crippen LogP contribution >= 0.6 is 23.2 Å². The van der Waals surface area contributed by atoms with E-state index in [1.54, 1.807) is 12.1 Å². The predicted octanol–water partition coefficient (Wildman–Crippen LogP) is 3.50.